The van der Waals surface area contributed by atoms with Gasteiger partial charge in [0.25, 0.3) is 0 Å². The minimum Gasteiger partial charge on any atom is -0.348 e. The standard InChI is InChI=1S/C8H15BO2.C2H6/c1-9-4-2-8(3-5-9)10-6-7-11-8;1-2/h2-7H2,1H3;1-2H3. The molecule has 0 N–H and O–H groups in total. The van der Waals surface area contributed by atoms with E-state index in [1.807, 2.05) is 13.8 Å². The molecule has 0 aromatic carbocycles. The fourth-order valence-electron chi connectivity index (χ4n) is 1.99. The van der Waals surface area contributed by atoms with E-state index in [0.717, 1.165) is 32.8 Å². The van der Waals surface area contributed by atoms with Crippen LogP contribution in [0.1, 0.15) is 26.7 Å². The third-order valence-electron chi connectivity index (χ3n) is 2.85. The Morgan fingerprint density at radius 2 is 1.46 bits per heavy atom. The summed E-state index contributed by atoms with van der Waals surface area (Å²) in [6.45, 7) is 8.78. The highest BCUT2D eigenvalue weighted by Crippen LogP contribution is 2.35. The number of hydrogen-bond acceptors (Lipinski definition) is 2. The molecule has 3 heteroatoms. The van der Waals surface area contributed by atoms with Gasteiger partial charge in [0.1, 0.15) is 6.71 Å². The molecule has 0 bridgehead atoms. The van der Waals surface area contributed by atoms with Crippen LogP contribution in [-0.2, 0) is 9.47 Å². The molecule has 0 saturated carbocycles. The molecule has 2 fully saturated rings. The van der Waals surface area contributed by atoms with Crippen molar-refractivity contribution in [2.24, 2.45) is 0 Å². The molecule has 2 nitrogen and oxygen atoms in total. The lowest BCUT2D eigenvalue weighted by atomic mass is 9.43. The maximum absolute atomic E-state index is 5.61. The van der Waals surface area contributed by atoms with E-state index in [1.54, 1.807) is 0 Å². The van der Waals surface area contributed by atoms with E-state index >= 15 is 0 Å². The highest BCUT2D eigenvalue weighted by molar-refractivity contribution is 6.57. The Labute approximate surface area is 82.1 Å². The Hall–Kier alpha value is -0.0151. The van der Waals surface area contributed by atoms with Gasteiger partial charge in [-0.2, -0.15) is 0 Å². The van der Waals surface area contributed by atoms with Gasteiger partial charge in [-0.1, -0.05) is 33.3 Å². The zero-order valence-corrected chi connectivity index (χ0v) is 9.14. The fraction of sp³-hybridized carbons (Fsp3) is 1.00. The summed E-state index contributed by atoms with van der Waals surface area (Å²) in [6.07, 6.45) is 4.74. The Bertz CT molecular complexity index is 134. The lowest BCUT2D eigenvalue weighted by molar-refractivity contribution is -0.163. The second kappa shape index (κ2) is 5.01. The van der Waals surface area contributed by atoms with Crippen LogP contribution >= 0.6 is 0 Å². The van der Waals surface area contributed by atoms with Crippen molar-refractivity contribution in [3.63, 3.8) is 0 Å². The monoisotopic (exact) mass is 184 g/mol. The van der Waals surface area contributed by atoms with Crippen molar-refractivity contribution in [2.45, 2.75) is 51.9 Å². The van der Waals surface area contributed by atoms with E-state index in [2.05, 4.69) is 6.82 Å². The van der Waals surface area contributed by atoms with Crippen molar-refractivity contribution in [2.75, 3.05) is 13.2 Å². The van der Waals surface area contributed by atoms with Crippen LogP contribution in [0.4, 0.5) is 0 Å². The van der Waals surface area contributed by atoms with Crippen molar-refractivity contribution in [3.05, 3.63) is 0 Å². The summed E-state index contributed by atoms with van der Waals surface area (Å²) >= 11 is 0. The molecule has 2 saturated heterocycles. The summed E-state index contributed by atoms with van der Waals surface area (Å²) < 4.78 is 11.2. The van der Waals surface area contributed by atoms with Gasteiger partial charge in [-0.25, -0.2) is 0 Å². The number of rotatable bonds is 0. The summed E-state index contributed by atoms with van der Waals surface area (Å²) in [7, 11) is 0. The van der Waals surface area contributed by atoms with Crippen LogP contribution in [0.5, 0.6) is 0 Å². The smallest absolute Gasteiger partial charge is 0.167 e. The SMILES string of the molecule is CB1CCC2(CC1)OCCO2.CC. The second-order valence-corrected chi connectivity index (χ2v) is 3.79. The molecule has 0 aromatic rings. The van der Waals surface area contributed by atoms with Gasteiger partial charge in [0.15, 0.2) is 5.79 Å². The first kappa shape index (κ1) is 11.1. The van der Waals surface area contributed by atoms with Crippen molar-refractivity contribution >= 4 is 6.71 Å². The van der Waals surface area contributed by atoms with Gasteiger partial charge in [0.05, 0.1) is 13.2 Å². The van der Waals surface area contributed by atoms with Gasteiger partial charge in [-0.3, -0.25) is 0 Å². The lowest BCUT2D eigenvalue weighted by Crippen LogP contribution is -2.36. The summed E-state index contributed by atoms with van der Waals surface area (Å²) in [6, 6.07) is 0. The van der Waals surface area contributed by atoms with E-state index < -0.39 is 0 Å². The minimum absolute atomic E-state index is 0.146. The molecule has 0 unspecified atom stereocenters. The van der Waals surface area contributed by atoms with E-state index in [4.69, 9.17) is 9.47 Å². The minimum atomic E-state index is -0.146. The molecule has 0 amide bonds. The molecule has 0 aliphatic carbocycles. The Morgan fingerprint density at radius 3 is 1.92 bits per heavy atom. The van der Waals surface area contributed by atoms with Crippen LogP contribution in [0.2, 0.25) is 19.5 Å². The summed E-state index contributed by atoms with van der Waals surface area (Å²) in [5.74, 6) is -0.146. The average molecular weight is 184 g/mol. The number of hydrogen-bond donors (Lipinski definition) is 0. The largest absolute Gasteiger partial charge is 0.348 e. The molecule has 0 atom stereocenters. The quantitative estimate of drug-likeness (QED) is 0.539. The van der Waals surface area contributed by atoms with Gasteiger partial charge in [-0.15, -0.1) is 0 Å². The van der Waals surface area contributed by atoms with Gasteiger partial charge in [0, 0.05) is 0 Å². The Kier molecular flexibility index (Phi) is 4.27. The average Bonchev–Trinajstić information content (AvgIpc) is 2.63. The van der Waals surface area contributed by atoms with Crippen molar-refractivity contribution in [1.29, 1.82) is 0 Å². The van der Waals surface area contributed by atoms with Gasteiger partial charge < -0.3 is 9.47 Å². The molecule has 0 aromatic heterocycles. The highest BCUT2D eigenvalue weighted by Gasteiger charge is 2.39. The Morgan fingerprint density at radius 1 is 1.00 bits per heavy atom. The van der Waals surface area contributed by atoms with Crippen molar-refractivity contribution in [3.8, 4) is 0 Å². The van der Waals surface area contributed by atoms with Gasteiger partial charge >= 0.3 is 0 Å². The van der Waals surface area contributed by atoms with E-state index in [0.29, 0.717) is 0 Å². The van der Waals surface area contributed by atoms with Crippen LogP contribution in [0.15, 0.2) is 0 Å². The van der Waals surface area contributed by atoms with Crippen LogP contribution < -0.4 is 0 Å². The lowest BCUT2D eigenvalue weighted by Gasteiger charge is -2.33. The second-order valence-electron chi connectivity index (χ2n) is 3.79. The molecule has 76 valence electrons. The predicted molar refractivity (Wildman–Crippen MR) is 56.4 cm³/mol. The van der Waals surface area contributed by atoms with Gasteiger partial charge in [-0.05, 0) is 12.8 Å². The van der Waals surface area contributed by atoms with E-state index in [1.165, 1.54) is 12.6 Å². The fourth-order valence-corrected chi connectivity index (χ4v) is 1.99. The topological polar surface area (TPSA) is 18.5 Å². The maximum atomic E-state index is 5.61. The van der Waals surface area contributed by atoms with Crippen LogP contribution in [0, 0.1) is 0 Å². The third-order valence-corrected chi connectivity index (χ3v) is 2.85. The molecule has 13 heavy (non-hydrogen) atoms. The third kappa shape index (κ3) is 2.71. The molecule has 2 heterocycles. The highest BCUT2D eigenvalue weighted by atomic mass is 16.7. The zero-order valence-electron chi connectivity index (χ0n) is 9.14. The summed E-state index contributed by atoms with van der Waals surface area (Å²) in [4.78, 5) is 0. The van der Waals surface area contributed by atoms with Crippen molar-refractivity contribution in [1.82, 2.24) is 0 Å². The Balaban J connectivity index is 0.000000396. The molecular weight excluding hydrogens is 163 g/mol. The molecular formula is C10H21BO2. The molecule has 0 radical (unpaired) electrons. The first-order chi connectivity index (χ1) is 6.31. The maximum Gasteiger partial charge on any atom is 0.167 e. The molecule has 2 rings (SSSR count). The van der Waals surface area contributed by atoms with Crippen LogP contribution in [-0.4, -0.2) is 25.7 Å². The van der Waals surface area contributed by atoms with E-state index in [-0.39, 0.29) is 5.79 Å². The van der Waals surface area contributed by atoms with Crippen molar-refractivity contribution < 1.29 is 9.47 Å². The zero-order chi connectivity index (χ0) is 9.73. The predicted octanol–water partition coefficient (Wildman–Crippen LogP) is 2.67. The normalized spacial score (nSPS) is 25.6. The molecule has 2 aliphatic heterocycles. The number of ether oxygens (including phenoxy) is 2. The molecule has 1 spiro atoms. The molecule has 2 aliphatic rings. The summed E-state index contributed by atoms with van der Waals surface area (Å²) in [5, 5.41) is 0. The summed E-state index contributed by atoms with van der Waals surface area (Å²) in [5.41, 5.74) is 0. The first-order valence-electron chi connectivity index (χ1n) is 5.59. The van der Waals surface area contributed by atoms with E-state index in [9.17, 15) is 0 Å². The first-order valence-corrected chi connectivity index (χ1v) is 5.59. The van der Waals surface area contributed by atoms with Crippen LogP contribution in [0.25, 0.3) is 0 Å². The van der Waals surface area contributed by atoms with Crippen LogP contribution in [0.3, 0.4) is 0 Å². The van der Waals surface area contributed by atoms with Gasteiger partial charge in [0.2, 0.25) is 0 Å².